The minimum Gasteiger partial charge on any atom is -0.473 e. The van der Waals surface area contributed by atoms with Gasteiger partial charge in [-0.15, -0.1) is 0 Å². The molecule has 0 aromatic heterocycles. The minimum atomic E-state index is -1.82. The Hall–Kier alpha value is -3.70. The van der Waals surface area contributed by atoms with Crippen LogP contribution in [0.25, 0.3) is 0 Å². The number of carbonyl (C=O) groups excluding carboxylic acids is 1. The maximum Gasteiger partial charge on any atom is 0.414 e. The van der Waals surface area contributed by atoms with Gasteiger partial charge in [0, 0.05) is 6.04 Å². The van der Waals surface area contributed by atoms with Crippen molar-refractivity contribution in [2.24, 2.45) is 0 Å². The number of hydrogen-bond donors (Lipinski definition) is 4. The second kappa shape index (κ2) is 10.6. The lowest BCUT2D eigenvalue weighted by Crippen LogP contribution is -2.33. The zero-order valence-corrected chi connectivity index (χ0v) is 15.6. The molecule has 0 heterocycles. The van der Waals surface area contributed by atoms with Crippen LogP contribution < -0.4 is 10.6 Å². The molecule has 0 saturated carbocycles. The first-order valence-corrected chi connectivity index (χ1v) is 8.98. The van der Waals surface area contributed by atoms with Crippen LogP contribution in [0.1, 0.15) is 35.6 Å². The average molecular weight is 395 g/mol. The van der Waals surface area contributed by atoms with Crippen LogP contribution in [0.15, 0.2) is 48.5 Å². The molecular weight excluding hydrogens is 374 g/mol. The molecule has 3 rings (SSSR count). The summed E-state index contributed by atoms with van der Waals surface area (Å²) in [5, 5.41) is 30.0. The maximum atomic E-state index is 12.2. The number of hydrogen-bond acceptors (Lipinski definition) is 5. The number of nitrogens with one attached hydrogen (secondary N) is 2. The van der Waals surface area contributed by atoms with Crippen LogP contribution >= 0.6 is 0 Å². The molecule has 1 aliphatic rings. The number of para-hydroxylation sites is 1. The van der Waals surface area contributed by atoms with Crippen molar-refractivity contribution < 1.29 is 24.6 Å². The van der Waals surface area contributed by atoms with Crippen molar-refractivity contribution in [1.29, 1.82) is 5.26 Å². The number of benzene rings is 2. The molecule has 2 aromatic carbocycles. The number of aliphatic carboxylic acids is 2. The molecule has 0 bridgehead atoms. The Balaban J connectivity index is 0.000000438. The first-order valence-electron chi connectivity index (χ1n) is 8.98. The van der Waals surface area contributed by atoms with Gasteiger partial charge >= 0.3 is 11.9 Å². The highest BCUT2D eigenvalue weighted by atomic mass is 16.4. The van der Waals surface area contributed by atoms with E-state index in [2.05, 4.69) is 34.9 Å². The topological polar surface area (TPSA) is 140 Å². The van der Waals surface area contributed by atoms with Gasteiger partial charge in [0.05, 0.1) is 17.8 Å². The van der Waals surface area contributed by atoms with E-state index in [1.54, 1.807) is 24.3 Å². The molecule has 1 amide bonds. The molecule has 8 heteroatoms. The van der Waals surface area contributed by atoms with E-state index in [9.17, 15) is 4.79 Å². The summed E-state index contributed by atoms with van der Waals surface area (Å²) in [4.78, 5) is 30.4. The van der Waals surface area contributed by atoms with Gasteiger partial charge in [0.2, 0.25) is 5.91 Å². The number of aryl methyl sites for hydroxylation is 1. The van der Waals surface area contributed by atoms with Crippen molar-refractivity contribution in [3.63, 3.8) is 0 Å². The van der Waals surface area contributed by atoms with Crippen molar-refractivity contribution >= 4 is 23.5 Å². The third-order valence-corrected chi connectivity index (χ3v) is 4.38. The molecule has 0 spiro atoms. The maximum absolute atomic E-state index is 12.2. The number of anilines is 1. The van der Waals surface area contributed by atoms with E-state index < -0.39 is 11.9 Å². The van der Waals surface area contributed by atoms with Gasteiger partial charge < -0.3 is 20.8 Å². The predicted octanol–water partition coefficient (Wildman–Crippen LogP) is 2.32. The van der Waals surface area contributed by atoms with Crippen LogP contribution in [-0.4, -0.2) is 34.6 Å². The fourth-order valence-corrected chi connectivity index (χ4v) is 3.07. The lowest BCUT2D eigenvalue weighted by molar-refractivity contribution is -0.159. The van der Waals surface area contributed by atoms with Crippen LogP contribution in [0.3, 0.4) is 0 Å². The lowest BCUT2D eigenvalue weighted by Gasteiger charge is -2.26. The zero-order valence-electron chi connectivity index (χ0n) is 15.6. The molecular formula is C21H21N3O5. The standard InChI is InChI=1S/C19H19N3O.C2H2O4/c20-12-15-7-2-4-10-17(15)22-19(23)13-21-18-11-5-8-14-6-1-3-9-16(14)18;3-1(4)2(5)6/h1-4,6-7,9-10,18,21H,5,8,11,13H2,(H,22,23);(H,3,4)(H,5,6). The van der Waals surface area contributed by atoms with Crippen LogP contribution in [0.4, 0.5) is 5.69 Å². The summed E-state index contributed by atoms with van der Waals surface area (Å²) < 4.78 is 0. The fourth-order valence-electron chi connectivity index (χ4n) is 3.07. The summed E-state index contributed by atoms with van der Waals surface area (Å²) in [6.45, 7) is 0.235. The Kier molecular flexibility index (Phi) is 7.88. The van der Waals surface area contributed by atoms with E-state index in [1.165, 1.54) is 11.1 Å². The highest BCUT2D eigenvalue weighted by Crippen LogP contribution is 2.29. The normalized spacial score (nSPS) is 14.4. The van der Waals surface area contributed by atoms with Crippen molar-refractivity contribution in [1.82, 2.24) is 5.32 Å². The average Bonchev–Trinajstić information content (AvgIpc) is 2.73. The first kappa shape index (κ1) is 21.6. The summed E-state index contributed by atoms with van der Waals surface area (Å²) in [7, 11) is 0. The number of fused-ring (bicyclic) bond motifs is 1. The Morgan fingerprint density at radius 1 is 1.03 bits per heavy atom. The Bertz CT molecular complexity index is 924. The third-order valence-electron chi connectivity index (χ3n) is 4.38. The number of nitrogens with zero attached hydrogens (tertiary/aromatic N) is 1. The van der Waals surface area contributed by atoms with Crippen molar-refractivity contribution in [3.8, 4) is 6.07 Å². The molecule has 1 atom stereocenters. The number of carboxylic acid groups (broad SMARTS) is 2. The van der Waals surface area contributed by atoms with Crippen molar-refractivity contribution in [2.75, 3.05) is 11.9 Å². The summed E-state index contributed by atoms with van der Waals surface area (Å²) in [5.74, 6) is -3.78. The summed E-state index contributed by atoms with van der Waals surface area (Å²) in [5.41, 5.74) is 3.70. The number of rotatable bonds is 4. The lowest BCUT2D eigenvalue weighted by atomic mass is 9.88. The largest absolute Gasteiger partial charge is 0.473 e. The monoisotopic (exact) mass is 395 g/mol. The van der Waals surface area contributed by atoms with Crippen LogP contribution in [0, 0.1) is 11.3 Å². The second-order valence-corrected chi connectivity index (χ2v) is 6.34. The third kappa shape index (κ3) is 6.45. The SMILES string of the molecule is N#Cc1ccccc1NC(=O)CNC1CCCc2ccccc21.O=C(O)C(=O)O. The number of nitriles is 1. The Morgan fingerprint density at radius 3 is 2.38 bits per heavy atom. The molecule has 4 N–H and O–H groups in total. The van der Waals surface area contributed by atoms with E-state index in [0.717, 1.165) is 19.3 Å². The van der Waals surface area contributed by atoms with E-state index in [-0.39, 0.29) is 18.5 Å². The molecule has 29 heavy (non-hydrogen) atoms. The molecule has 0 aliphatic heterocycles. The van der Waals surface area contributed by atoms with Gasteiger partial charge in [-0.1, -0.05) is 36.4 Å². The van der Waals surface area contributed by atoms with Gasteiger partial charge in [-0.05, 0) is 42.5 Å². The van der Waals surface area contributed by atoms with Gasteiger partial charge in [-0.3, -0.25) is 4.79 Å². The van der Waals surface area contributed by atoms with Gasteiger partial charge in [0.25, 0.3) is 0 Å². The van der Waals surface area contributed by atoms with E-state index >= 15 is 0 Å². The van der Waals surface area contributed by atoms with Crippen molar-refractivity contribution in [3.05, 3.63) is 65.2 Å². The molecule has 2 aromatic rings. The predicted molar refractivity (Wildman–Crippen MR) is 105 cm³/mol. The highest BCUT2D eigenvalue weighted by Gasteiger charge is 2.20. The molecule has 8 nitrogen and oxygen atoms in total. The highest BCUT2D eigenvalue weighted by molar-refractivity contribution is 6.27. The summed E-state index contributed by atoms with van der Waals surface area (Å²) >= 11 is 0. The van der Waals surface area contributed by atoms with Gasteiger partial charge in [-0.2, -0.15) is 5.26 Å². The first-order chi connectivity index (χ1) is 13.9. The smallest absolute Gasteiger partial charge is 0.414 e. The molecule has 0 radical (unpaired) electrons. The number of carboxylic acids is 2. The molecule has 150 valence electrons. The quantitative estimate of drug-likeness (QED) is 0.583. The van der Waals surface area contributed by atoms with Gasteiger partial charge in [0.1, 0.15) is 6.07 Å². The van der Waals surface area contributed by atoms with E-state index in [4.69, 9.17) is 25.1 Å². The zero-order chi connectivity index (χ0) is 21.2. The molecule has 1 aliphatic carbocycles. The van der Waals surface area contributed by atoms with Crippen LogP contribution in [0.5, 0.6) is 0 Å². The van der Waals surface area contributed by atoms with Gasteiger partial charge in [-0.25, -0.2) is 9.59 Å². The van der Waals surface area contributed by atoms with Crippen LogP contribution in [-0.2, 0) is 20.8 Å². The number of amides is 1. The molecule has 1 unspecified atom stereocenters. The minimum absolute atomic E-state index is 0.129. The van der Waals surface area contributed by atoms with E-state index in [0.29, 0.717) is 11.3 Å². The number of carbonyl (C=O) groups is 3. The Labute approximate surface area is 167 Å². The fraction of sp³-hybridized carbons (Fsp3) is 0.238. The molecule has 0 saturated heterocycles. The molecule has 0 fully saturated rings. The van der Waals surface area contributed by atoms with Crippen molar-refractivity contribution in [2.45, 2.75) is 25.3 Å². The Morgan fingerprint density at radius 2 is 1.69 bits per heavy atom. The summed E-state index contributed by atoms with van der Waals surface area (Å²) in [6.07, 6.45) is 3.28. The van der Waals surface area contributed by atoms with E-state index in [1.807, 2.05) is 6.07 Å². The van der Waals surface area contributed by atoms with Gasteiger partial charge in [0.15, 0.2) is 0 Å². The second-order valence-electron chi connectivity index (χ2n) is 6.34. The summed E-state index contributed by atoms with van der Waals surface area (Å²) in [6, 6.07) is 17.7. The van der Waals surface area contributed by atoms with Crippen LogP contribution in [0.2, 0.25) is 0 Å².